The van der Waals surface area contributed by atoms with Gasteiger partial charge in [-0.05, 0) is 24.3 Å². The first kappa shape index (κ1) is 14.8. The minimum Gasteiger partial charge on any atom is -0.359 e. The van der Waals surface area contributed by atoms with Crippen LogP contribution in [0.25, 0.3) is 0 Å². The molecule has 2 aromatic rings. The predicted molar refractivity (Wildman–Crippen MR) is 87.4 cm³/mol. The Kier molecular flexibility index (Phi) is 3.76. The van der Waals surface area contributed by atoms with Crippen molar-refractivity contribution in [2.24, 2.45) is 0 Å². The Bertz CT molecular complexity index is 811. The summed E-state index contributed by atoms with van der Waals surface area (Å²) in [6.45, 7) is 0. The van der Waals surface area contributed by atoms with Crippen molar-refractivity contribution in [3.05, 3.63) is 50.9 Å². The van der Waals surface area contributed by atoms with Crippen LogP contribution in [0, 0.1) is 0 Å². The van der Waals surface area contributed by atoms with Gasteiger partial charge in [-0.15, -0.1) is 0 Å². The summed E-state index contributed by atoms with van der Waals surface area (Å²) in [5, 5.41) is 5.48. The second-order valence-electron chi connectivity index (χ2n) is 4.54. The topological polar surface area (TPSA) is 86.9 Å². The quantitative estimate of drug-likeness (QED) is 0.760. The predicted octanol–water partition coefficient (Wildman–Crippen LogP) is 3.16. The lowest BCUT2D eigenvalue weighted by molar-refractivity contribution is 0.0977. The molecule has 0 amide bonds. The van der Waals surface area contributed by atoms with Gasteiger partial charge in [-0.3, -0.25) is 9.59 Å². The van der Waals surface area contributed by atoms with E-state index in [2.05, 4.69) is 36.5 Å². The van der Waals surface area contributed by atoms with Gasteiger partial charge >= 0.3 is 0 Å². The average Bonchev–Trinajstić information content (AvgIpc) is 2.96. The largest absolute Gasteiger partial charge is 0.359 e. The Morgan fingerprint density at radius 1 is 1.18 bits per heavy atom. The summed E-state index contributed by atoms with van der Waals surface area (Å²) in [7, 11) is 1.63. The third kappa shape index (κ3) is 2.42. The zero-order valence-corrected chi connectivity index (χ0v) is 13.7. The standard InChI is InChI=1S/C14H10BrClN4O2/c1-17-14-19-10-11(20-14)13(22)9(8(16)12(10)21)18-7-4-2-6(15)3-5-7/h2-5,18H,1H3,(H2,17,19,20). The fourth-order valence-electron chi connectivity index (χ4n) is 2.05. The average molecular weight is 382 g/mol. The van der Waals surface area contributed by atoms with E-state index in [1.807, 2.05) is 12.1 Å². The molecule has 1 aromatic carbocycles. The van der Waals surface area contributed by atoms with Crippen LogP contribution in [-0.4, -0.2) is 28.6 Å². The third-order valence-electron chi connectivity index (χ3n) is 3.14. The van der Waals surface area contributed by atoms with Crippen LogP contribution in [0.15, 0.2) is 39.5 Å². The van der Waals surface area contributed by atoms with Crippen LogP contribution in [0.5, 0.6) is 0 Å². The SMILES string of the molecule is CNc1nc2c([nH]1)C(=O)C(Cl)=C(Nc1ccc(Br)cc1)C2=O. The Morgan fingerprint density at radius 3 is 2.50 bits per heavy atom. The maximum atomic E-state index is 12.5. The molecule has 0 fully saturated rings. The summed E-state index contributed by atoms with van der Waals surface area (Å²) in [6, 6.07) is 7.15. The Labute approximate surface area is 139 Å². The highest BCUT2D eigenvalue weighted by Crippen LogP contribution is 2.29. The molecule has 3 rings (SSSR count). The first-order valence-electron chi connectivity index (χ1n) is 6.30. The highest BCUT2D eigenvalue weighted by atomic mass is 79.9. The molecular formula is C14H10BrClN4O2. The number of ketones is 2. The van der Waals surface area contributed by atoms with Crippen LogP contribution in [-0.2, 0) is 0 Å². The van der Waals surface area contributed by atoms with E-state index in [-0.39, 0.29) is 22.1 Å². The molecule has 0 atom stereocenters. The van der Waals surface area contributed by atoms with Gasteiger partial charge in [0.15, 0.2) is 0 Å². The number of aromatic nitrogens is 2. The molecular weight excluding hydrogens is 372 g/mol. The number of imidazole rings is 1. The maximum absolute atomic E-state index is 12.5. The van der Waals surface area contributed by atoms with Crippen molar-refractivity contribution in [2.75, 3.05) is 17.7 Å². The molecule has 0 bridgehead atoms. The first-order valence-corrected chi connectivity index (χ1v) is 7.48. The molecule has 1 heterocycles. The van der Waals surface area contributed by atoms with Gasteiger partial charge in [0.05, 0.1) is 0 Å². The number of allylic oxidation sites excluding steroid dienone is 2. The number of aromatic amines is 1. The van der Waals surface area contributed by atoms with Crippen molar-refractivity contribution in [2.45, 2.75) is 0 Å². The molecule has 1 aliphatic carbocycles. The molecule has 0 spiro atoms. The van der Waals surface area contributed by atoms with Gasteiger partial charge in [0.1, 0.15) is 22.1 Å². The zero-order valence-electron chi connectivity index (χ0n) is 11.3. The number of fused-ring (bicyclic) bond motifs is 1. The number of benzene rings is 1. The number of anilines is 2. The molecule has 0 radical (unpaired) electrons. The lowest BCUT2D eigenvalue weighted by Gasteiger charge is -2.15. The van der Waals surface area contributed by atoms with Gasteiger partial charge in [0, 0.05) is 17.2 Å². The monoisotopic (exact) mass is 380 g/mol. The maximum Gasteiger partial charge on any atom is 0.231 e. The summed E-state index contributed by atoms with van der Waals surface area (Å²) in [5.74, 6) is -0.564. The minimum absolute atomic E-state index is 0.0237. The molecule has 0 aliphatic heterocycles. The van der Waals surface area contributed by atoms with Crippen LogP contribution in [0.2, 0.25) is 0 Å². The van der Waals surface area contributed by atoms with E-state index in [1.54, 1.807) is 19.2 Å². The van der Waals surface area contributed by atoms with Crippen molar-refractivity contribution in [3.63, 3.8) is 0 Å². The van der Waals surface area contributed by atoms with E-state index in [9.17, 15) is 9.59 Å². The van der Waals surface area contributed by atoms with Crippen molar-refractivity contribution in [3.8, 4) is 0 Å². The van der Waals surface area contributed by atoms with Gasteiger partial charge in [-0.1, -0.05) is 27.5 Å². The number of H-pyrrole nitrogens is 1. The summed E-state index contributed by atoms with van der Waals surface area (Å²) in [4.78, 5) is 31.6. The number of Topliss-reactive ketones (excluding diaryl/α,β-unsaturated/α-hetero) is 2. The Hall–Kier alpha value is -2.12. The minimum atomic E-state index is -0.468. The molecule has 112 valence electrons. The van der Waals surface area contributed by atoms with Gasteiger partial charge in [0.2, 0.25) is 17.5 Å². The Balaban J connectivity index is 2.00. The third-order valence-corrected chi connectivity index (χ3v) is 4.03. The highest BCUT2D eigenvalue weighted by molar-refractivity contribution is 9.10. The van der Waals surface area contributed by atoms with Gasteiger partial charge < -0.3 is 15.6 Å². The molecule has 6 nitrogen and oxygen atoms in total. The van der Waals surface area contributed by atoms with Crippen LogP contribution in [0.3, 0.4) is 0 Å². The fourth-order valence-corrected chi connectivity index (χ4v) is 2.54. The van der Waals surface area contributed by atoms with Crippen LogP contribution in [0.1, 0.15) is 21.0 Å². The molecule has 8 heteroatoms. The van der Waals surface area contributed by atoms with E-state index < -0.39 is 11.6 Å². The lowest BCUT2D eigenvalue weighted by Crippen LogP contribution is -2.24. The summed E-state index contributed by atoms with van der Waals surface area (Å²) >= 11 is 9.39. The van der Waals surface area contributed by atoms with Crippen molar-refractivity contribution < 1.29 is 9.59 Å². The van der Waals surface area contributed by atoms with Crippen molar-refractivity contribution >= 4 is 50.7 Å². The van der Waals surface area contributed by atoms with E-state index >= 15 is 0 Å². The first-order chi connectivity index (χ1) is 10.5. The summed E-state index contributed by atoms with van der Waals surface area (Å²) in [5.41, 5.74) is 0.819. The van der Waals surface area contributed by atoms with Crippen molar-refractivity contribution in [1.29, 1.82) is 0 Å². The second kappa shape index (κ2) is 5.58. The Morgan fingerprint density at radius 2 is 1.86 bits per heavy atom. The fraction of sp³-hybridized carbons (Fsp3) is 0.0714. The molecule has 1 aromatic heterocycles. The smallest absolute Gasteiger partial charge is 0.231 e. The number of carbonyl (C=O) groups excluding carboxylic acids is 2. The van der Waals surface area contributed by atoms with Gasteiger partial charge in [0.25, 0.3) is 0 Å². The summed E-state index contributed by atoms with van der Waals surface area (Å²) < 4.78 is 0.900. The molecule has 22 heavy (non-hydrogen) atoms. The number of nitrogens with one attached hydrogen (secondary N) is 3. The number of hydrogen-bond acceptors (Lipinski definition) is 5. The number of halogens is 2. The van der Waals surface area contributed by atoms with Gasteiger partial charge in [-0.2, -0.15) is 0 Å². The normalized spacial score (nSPS) is 14.1. The second-order valence-corrected chi connectivity index (χ2v) is 5.83. The van der Waals surface area contributed by atoms with Gasteiger partial charge in [-0.25, -0.2) is 4.98 Å². The molecule has 0 saturated heterocycles. The number of carbonyl (C=O) groups is 2. The van der Waals surface area contributed by atoms with Crippen LogP contribution >= 0.6 is 27.5 Å². The zero-order chi connectivity index (χ0) is 15.9. The molecule has 0 unspecified atom stereocenters. The molecule has 3 N–H and O–H groups in total. The van der Waals surface area contributed by atoms with E-state index in [4.69, 9.17) is 11.6 Å². The molecule has 0 saturated carbocycles. The summed E-state index contributed by atoms with van der Waals surface area (Å²) in [6.07, 6.45) is 0. The highest BCUT2D eigenvalue weighted by Gasteiger charge is 2.35. The lowest BCUT2D eigenvalue weighted by atomic mass is 10.0. The number of hydrogen-bond donors (Lipinski definition) is 3. The van der Waals surface area contributed by atoms with Crippen LogP contribution < -0.4 is 10.6 Å². The number of nitrogens with zero attached hydrogens (tertiary/aromatic N) is 1. The van der Waals surface area contributed by atoms with E-state index in [0.29, 0.717) is 11.6 Å². The number of rotatable bonds is 3. The van der Waals surface area contributed by atoms with Crippen molar-refractivity contribution in [1.82, 2.24) is 9.97 Å². The van der Waals surface area contributed by atoms with E-state index in [0.717, 1.165) is 4.47 Å². The molecule has 1 aliphatic rings. The van der Waals surface area contributed by atoms with E-state index in [1.165, 1.54) is 0 Å². The van der Waals surface area contributed by atoms with Crippen LogP contribution in [0.4, 0.5) is 11.6 Å².